The number of carbonyl (C=O) groups excluding carboxylic acids is 3. The Hall–Kier alpha value is -4.05. The fourth-order valence-electron chi connectivity index (χ4n) is 4.74. The number of pyridine rings is 2. The summed E-state index contributed by atoms with van der Waals surface area (Å²) >= 11 is 0. The standard InChI is InChI=1S/C25H23N3O7/c1-3-25(33)16-9-18-21-14(11-28(18)23(31)15(16)12-35-24(25)32)20(13-7-5-6-8-17(13)27-21)22(30)26-10-19(29)34-4-2/h5-9,33H,3-4,10-12H2,1-2H3,(H,26,30)/t25-/m0/s1. The van der Waals surface area contributed by atoms with Crippen molar-refractivity contribution in [1.82, 2.24) is 14.9 Å². The van der Waals surface area contributed by atoms with E-state index < -0.39 is 29.0 Å². The number of amides is 1. The molecule has 0 saturated carbocycles. The van der Waals surface area contributed by atoms with Crippen molar-refractivity contribution in [3.8, 4) is 11.4 Å². The van der Waals surface area contributed by atoms with Crippen molar-refractivity contribution >= 4 is 28.7 Å². The van der Waals surface area contributed by atoms with E-state index in [2.05, 4.69) is 5.32 Å². The van der Waals surface area contributed by atoms with Crippen LogP contribution in [-0.4, -0.2) is 45.7 Å². The predicted molar refractivity (Wildman–Crippen MR) is 123 cm³/mol. The van der Waals surface area contributed by atoms with Crippen LogP contribution in [0.4, 0.5) is 0 Å². The Bertz CT molecular complexity index is 1480. The van der Waals surface area contributed by atoms with Crippen LogP contribution in [0.3, 0.4) is 0 Å². The average Bonchev–Trinajstić information content (AvgIpc) is 3.22. The van der Waals surface area contributed by atoms with Gasteiger partial charge in [-0.2, -0.15) is 0 Å². The molecule has 4 heterocycles. The van der Waals surface area contributed by atoms with E-state index in [0.717, 1.165) is 0 Å². The minimum atomic E-state index is -1.94. The predicted octanol–water partition coefficient (Wildman–Crippen LogP) is 1.37. The third-order valence-corrected chi connectivity index (χ3v) is 6.52. The number of rotatable bonds is 5. The molecule has 0 fully saturated rings. The molecule has 0 aliphatic carbocycles. The van der Waals surface area contributed by atoms with Crippen LogP contribution >= 0.6 is 0 Å². The molecule has 2 aliphatic rings. The summed E-state index contributed by atoms with van der Waals surface area (Å²) in [6, 6.07) is 8.64. The Balaban J connectivity index is 1.69. The van der Waals surface area contributed by atoms with Crippen LogP contribution < -0.4 is 10.9 Å². The van der Waals surface area contributed by atoms with E-state index in [1.165, 1.54) is 4.57 Å². The molecule has 180 valence electrons. The number of hydrogen-bond acceptors (Lipinski definition) is 8. The van der Waals surface area contributed by atoms with E-state index in [1.807, 2.05) is 0 Å². The van der Waals surface area contributed by atoms with Crippen molar-refractivity contribution < 1.29 is 29.0 Å². The number of ether oxygens (including phenoxy) is 2. The molecule has 0 saturated heterocycles. The molecule has 35 heavy (non-hydrogen) atoms. The number of nitrogens with one attached hydrogen (secondary N) is 1. The first kappa shape index (κ1) is 22.7. The Morgan fingerprint density at radius 3 is 2.74 bits per heavy atom. The molecule has 10 nitrogen and oxygen atoms in total. The zero-order chi connectivity index (χ0) is 24.9. The summed E-state index contributed by atoms with van der Waals surface area (Å²) in [4.78, 5) is 55.6. The smallest absolute Gasteiger partial charge is 0.343 e. The van der Waals surface area contributed by atoms with Gasteiger partial charge in [0.1, 0.15) is 13.2 Å². The van der Waals surface area contributed by atoms with Crippen LogP contribution in [0.2, 0.25) is 0 Å². The second-order valence-corrected chi connectivity index (χ2v) is 8.42. The lowest BCUT2D eigenvalue weighted by molar-refractivity contribution is -0.172. The molecule has 2 aromatic heterocycles. The van der Waals surface area contributed by atoms with E-state index in [9.17, 15) is 24.3 Å². The lowest BCUT2D eigenvalue weighted by Gasteiger charge is -2.31. The zero-order valence-electron chi connectivity index (χ0n) is 19.2. The van der Waals surface area contributed by atoms with Crippen LogP contribution in [0.1, 0.15) is 47.3 Å². The number of carbonyl (C=O) groups is 3. The minimum absolute atomic E-state index is 0.0290. The molecular formula is C25H23N3O7. The molecule has 0 radical (unpaired) electrons. The highest BCUT2D eigenvalue weighted by molar-refractivity contribution is 6.09. The highest BCUT2D eigenvalue weighted by Gasteiger charge is 2.45. The maximum absolute atomic E-state index is 13.4. The average molecular weight is 477 g/mol. The van der Waals surface area contributed by atoms with Gasteiger partial charge in [-0.3, -0.25) is 14.4 Å². The number of fused-ring (bicyclic) bond motifs is 5. The molecule has 10 heteroatoms. The number of hydrogen-bond donors (Lipinski definition) is 2. The van der Waals surface area contributed by atoms with Crippen LogP contribution in [0, 0.1) is 0 Å². The summed E-state index contributed by atoms with van der Waals surface area (Å²) in [5.41, 5.74) is 0.172. The molecular weight excluding hydrogens is 454 g/mol. The number of cyclic esters (lactones) is 1. The van der Waals surface area contributed by atoms with Crippen molar-refractivity contribution in [2.45, 2.75) is 39.0 Å². The topological polar surface area (TPSA) is 137 Å². The lowest BCUT2D eigenvalue weighted by atomic mass is 9.86. The molecule has 2 N–H and O–H groups in total. The highest BCUT2D eigenvalue weighted by Crippen LogP contribution is 2.40. The van der Waals surface area contributed by atoms with E-state index >= 15 is 0 Å². The first-order chi connectivity index (χ1) is 16.8. The van der Waals surface area contributed by atoms with Gasteiger partial charge in [0.15, 0.2) is 5.60 Å². The zero-order valence-corrected chi connectivity index (χ0v) is 19.2. The van der Waals surface area contributed by atoms with Gasteiger partial charge in [0.05, 0.1) is 41.2 Å². The van der Waals surface area contributed by atoms with Gasteiger partial charge >= 0.3 is 11.9 Å². The Kier molecular flexibility index (Phi) is 5.40. The van der Waals surface area contributed by atoms with Crippen LogP contribution in [-0.2, 0) is 37.8 Å². The van der Waals surface area contributed by atoms with Crippen molar-refractivity contribution in [1.29, 1.82) is 0 Å². The van der Waals surface area contributed by atoms with Crippen molar-refractivity contribution in [2.75, 3.05) is 13.2 Å². The number of aromatic nitrogens is 2. The van der Waals surface area contributed by atoms with Crippen LogP contribution in [0.15, 0.2) is 35.1 Å². The number of benzene rings is 1. The first-order valence-electron chi connectivity index (χ1n) is 11.3. The van der Waals surface area contributed by atoms with Crippen molar-refractivity contribution in [3.63, 3.8) is 0 Å². The fraction of sp³-hybridized carbons (Fsp3) is 0.320. The van der Waals surface area contributed by atoms with E-state index in [0.29, 0.717) is 33.4 Å². The molecule has 0 bridgehead atoms. The summed E-state index contributed by atoms with van der Waals surface area (Å²) < 4.78 is 11.5. The second kappa shape index (κ2) is 8.31. The molecule has 0 unspecified atom stereocenters. The summed E-state index contributed by atoms with van der Waals surface area (Å²) in [7, 11) is 0. The van der Waals surface area contributed by atoms with E-state index in [4.69, 9.17) is 14.5 Å². The van der Waals surface area contributed by atoms with Crippen LogP contribution in [0.5, 0.6) is 0 Å². The van der Waals surface area contributed by atoms with Crippen molar-refractivity contribution in [2.24, 2.45) is 0 Å². The number of esters is 2. The van der Waals surface area contributed by atoms with Gasteiger partial charge < -0.3 is 24.5 Å². The summed E-state index contributed by atoms with van der Waals surface area (Å²) in [5.74, 6) is -1.87. The molecule has 3 aromatic rings. The summed E-state index contributed by atoms with van der Waals surface area (Å²) in [5, 5.41) is 14.2. The Morgan fingerprint density at radius 1 is 1.23 bits per heavy atom. The lowest BCUT2D eigenvalue weighted by Crippen LogP contribution is -2.44. The summed E-state index contributed by atoms with van der Waals surface area (Å²) in [6.07, 6.45) is 0.0290. The third-order valence-electron chi connectivity index (χ3n) is 6.52. The fourth-order valence-corrected chi connectivity index (χ4v) is 4.74. The van der Waals surface area contributed by atoms with Gasteiger partial charge in [-0.05, 0) is 25.5 Å². The monoisotopic (exact) mass is 477 g/mol. The van der Waals surface area contributed by atoms with Crippen molar-refractivity contribution in [3.05, 3.63) is 62.9 Å². The maximum atomic E-state index is 13.4. The molecule has 2 aliphatic heterocycles. The quantitative estimate of drug-likeness (QED) is 0.411. The van der Waals surface area contributed by atoms with Gasteiger partial charge in [0.25, 0.3) is 11.5 Å². The molecule has 5 rings (SSSR count). The SMILES string of the molecule is CCOC(=O)CNC(=O)c1c2c(nc3ccccc13)-c1cc3c(c(=O)n1C2)COC(=O)[C@]3(O)CC. The second-order valence-electron chi connectivity index (χ2n) is 8.42. The number of aliphatic hydroxyl groups is 1. The number of nitrogens with zero attached hydrogens (tertiary/aromatic N) is 2. The van der Waals surface area contributed by atoms with Gasteiger partial charge in [0, 0.05) is 16.5 Å². The van der Waals surface area contributed by atoms with Crippen LogP contribution in [0.25, 0.3) is 22.3 Å². The molecule has 0 spiro atoms. The van der Waals surface area contributed by atoms with Gasteiger partial charge in [-0.15, -0.1) is 0 Å². The first-order valence-corrected chi connectivity index (χ1v) is 11.3. The molecule has 1 aromatic carbocycles. The van der Waals surface area contributed by atoms with E-state index in [1.54, 1.807) is 44.2 Å². The summed E-state index contributed by atoms with van der Waals surface area (Å²) in [6.45, 7) is 3.02. The minimum Gasteiger partial charge on any atom is -0.465 e. The molecule has 1 amide bonds. The van der Waals surface area contributed by atoms with E-state index in [-0.39, 0.29) is 43.9 Å². The van der Waals surface area contributed by atoms with Gasteiger partial charge in [-0.1, -0.05) is 25.1 Å². The maximum Gasteiger partial charge on any atom is 0.343 e. The largest absolute Gasteiger partial charge is 0.465 e. The normalized spacial score (nSPS) is 17.9. The number of para-hydroxylation sites is 1. The Labute approximate surface area is 199 Å². The van der Waals surface area contributed by atoms with Gasteiger partial charge in [-0.25, -0.2) is 9.78 Å². The molecule has 1 atom stereocenters. The van der Waals surface area contributed by atoms with Gasteiger partial charge in [0.2, 0.25) is 0 Å². The Morgan fingerprint density at radius 2 is 2.00 bits per heavy atom. The highest BCUT2D eigenvalue weighted by atomic mass is 16.6. The third kappa shape index (κ3) is 3.40.